The summed E-state index contributed by atoms with van der Waals surface area (Å²) < 4.78 is 5.43. The molecule has 0 aromatic heterocycles. The number of allylic oxidation sites excluding steroid dienone is 1. The van der Waals surface area contributed by atoms with Crippen molar-refractivity contribution in [3.05, 3.63) is 11.3 Å². The third-order valence-corrected chi connectivity index (χ3v) is 5.94. The third kappa shape index (κ3) is 6.18. The number of halogens is 1. The van der Waals surface area contributed by atoms with Crippen molar-refractivity contribution in [1.82, 2.24) is 14.7 Å². The molecule has 2 aliphatic heterocycles. The summed E-state index contributed by atoms with van der Waals surface area (Å²) in [5, 5.41) is 0. The van der Waals surface area contributed by atoms with Gasteiger partial charge in [0, 0.05) is 50.4 Å². The Morgan fingerprint density at radius 3 is 2.41 bits per heavy atom. The maximum Gasteiger partial charge on any atom is 0.162 e. The smallest absolute Gasteiger partial charge is 0.162 e. The first kappa shape index (κ1) is 22.7. The number of morpholine rings is 1. The number of hydrogen-bond donors (Lipinski definition) is 0. The number of ether oxygens (including phenoxy) is 1. The molecule has 3 rings (SSSR count). The zero-order chi connectivity index (χ0) is 18.6. The van der Waals surface area contributed by atoms with Crippen LogP contribution in [0.4, 0.5) is 0 Å². The van der Waals surface area contributed by atoms with Crippen LogP contribution in [0.3, 0.4) is 0 Å². The van der Waals surface area contributed by atoms with Crippen LogP contribution in [-0.4, -0.2) is 79.6 Å². The van der Waals surface area contributed by atoms with Crippen molar-refractivity contribution < 1.29 is 9.53 Å². The van der Waals surface area contributed by atoms with Crippen LogP contribution in [0.5, 0.6) is 0 Å². The fourth-order valence-electron chi connectivity index (χ4n) is 4.45. The molecular weight excluding hydrogens is 362 g/mol. The topological polar surface area (TPSA) is 36.0 Å². The van der Waals surface area contributed by atoms with Crippen LogP contribution in [0.15, 0.2) is 11.3 Å². The Labute approximate surface area is 171 Å². The normalized spacial score (nSPS) is 24.0. The van der Waals surface area contributed by atoms with Gasteiger partial charge in [-0.15, -0.1) is 12.4 Å². The van der Waals surface area contributed by atoms with Gasteiger partial charge in [-0.3, -0.25) is 14.6 Å². The summed E-state index contributed by atoms with van der Waals surface area (Å²) in [6.45, 7) is 15.7. The average molecular weight is 400 g/mol. The van der Waals surface area contributed by atoms with Crippen LogP contribution in [0.25, 0.3) is 0 Å². The van der Waals surface area contributed by atoms with Gasteiger partial charge in [0.25, 0.3) is 0 Å². The Morgan fingerprint density at radius 2 is 1.70 bits per heavy atom. The lowest BCUT2D eigenvalue weighted by atomic mass is 9.75. The van der Waals surface area contributed by atoms with Gasteiger partial charge in [0.15, 0.2) is 5.78 Å². The van der Waals surface area contributed by atoms with Gasteiger partial charge in [0.1, 0.15) is 0 Å². The number of nitrogens with zero attached hydrogens (tertiary/aromatic N) is 3. The maximum absolute atomic E-state index is 12.8. The lowest BCUT2D eigenvalue weighted by molar-refractivity contribution is -0.119. The Kier molecular flexibility index (Phi) is 8.60. The number of hydrogen-bond acceptors (Lipinski definition) is 5. The molecule has 0 aromatic carbocycles. The van der Waals surface area contributed by atoms with Crippen LogP contribution in [0.1, 0.15) is 52.9 Å². The SMILES string of the molecule is CCCCN1CN(CCCN2CCOCC2)CC2=C1CC(C)(C)CC2=O.Cl. The molecule has 0 spiro atoms. The molecule has 27 heavy (non-hydrogen) atoms. The molecule has 0 N–H and O–H groups in total. The molecule has 0 bridgehead atoms. The van der Waals surface area contributed by atoms with Crippen molar-refractivity contribution >= 4 is 18.2 Å². The summed E-state index contributed by atoms with van der Waals surface area (Å²) in [6, 6.07) is 0. The molecule has 2 heterocycles. The maximum atomic E-state index is 12.8. The number of unbranched alkanes of at least 4 members (excludes halogenated alkanes) is 1. The van der Waals surface area contributed by atoms with Gasteiger partial charge in [0.2, 0.25) is 0 Å². The highest BCUT2D eigenvalue weighted by Crippen LogP contribution is 2.40. The van der Waals surface area contributed by atoms with Crippen molar-refractivity contribution in [3.63, 3.8) is 0 Å². The summed E-state index contributed by atoms with van der Waals surface area (Å²) in [7, 11) is 0. The minimum atomic E-state index is 0. The first-order valence-corrected chi connectivity index (χ1v) is 10.5. The molecule has 0 amide bonds. The summed E-state index contributed by atoms with van der Waals surface area (Å²) in [6.07, 6.45) is 5.33. The number of Topliss-reactive ketones (excluding diaryl/α,β-unsaturated/α-hetero) is 1. The van der Waals surface area contributed by atoms with Crippen LogP contribution in [-0.2, 0) is 9.53 Å². The van der Waals surface area contributed by atoms with E-state index in [2.05, 4.69) is 35.5 Å². The molecule has 0 aromatic rings. The van der Waals surface area contributed by atoms with Crippen LogP contribution in [0, 0.1) is 5.41 Å². The number of carbonyl (C=O) groups is 1. The molecule has 1 aliphatic carbocycles. The van der Waals surface area contributed by atoms with Crippen LogP contribution >= 0.6 is 12.4 Å². The fourth-order valence-corrected chi connectivity index (χ4v) is 4.45. The van der Waals surface area contributed by atoms with Gasteiger partial charge in [-0.2, -0.15) is 0 Å². The van der Waals surface area contributed by atoms with E-state index in [0.29, 0.717) is 12.2 Å². The summed E-state index contributed by atoms with van der Waals surface area (Å²) in [5.74, 6) is 0.385. The Hall–Kier alpha value is -0.620. The lowest BCUT2D eigenvalue weighted by Crippen LogP contribution is -2.49. The molecule has 5 nitrogen and oxygen atoms in total. The van der Waals surface area contributed by atoms with E-state index in [0.717, 1.165) is 71.1 Å². The van der Waals surface area contributed by atoms with Gasteiger partial charge in [-0.1, -0.05) is 27.2 Å². The van der Waals surface area contributed by atoms with Crippen molar-refractivity contribution in [2.45, 2.75) is 52.9 Å². The predicted molar refractivity (Wildman–Crippen MR) is 112 cm³/mol. The molecule has 156 valence electrons. The van der Waals surface area contributed by atoms with Crippen LogP contribution < -0.4 is 0 Å². The second-order valence-electron chi connectivity index (χ2n) is 8.98. The standard InChI is InChI=1S/C21H37N3O2.ClH/c1-4-5-9-24-17-23(8-6-7-22-10-12-26-13-11-22)16-18-19(24)14-21(2,3)15-20(18)25;/h4-17H2,1-3H3;1H. The van der Waals surface area contributed by atoms with Crippen molar-refractivity contribution in [1.29, 1.82) is 0 Å². The number of ketones is 1. The predicted octanol–water partition coefficient (Wildman–Crippen LogP) is 3.15. The van der Waals surface area contributed by atoms with Crippen molar-refractivity contribution in [2.75, 3.05) is 59.2 Å². The van der Waals surface area contributed by atoms with Crippen molar-refractivity contribution in [2.24, 2.45) is 5.41 Å². The minimum Gasteiger partial charge on any atom is -0.379 e. The van der Waals surface area contributed by atoms with Crippen LogP contribution in [0.2, 0.25) is 0 Å². The number of carbonyl (C=O) groups excluding carboxylic acids is 1. The largest absolute Gasteiger partial charge is 0.379 e. The monoisotopic (exact) mass is 399 g/mol. The second-order valence-corrected chi connectivity index (χ2v) is 8.98. The van der Waals surface area contributed by atoms with Gasteiger partial charge in [-0.25, -0.2) is 0 Å². The Morgan fingerprint density at radius 1 is 1.00 bits per heavy atom. The van der Waals surface area contributed by atoms with E-state index in [1.54, 1.807) is 0 Å². The van der Waals surface area contributed by atoms with E-state index in [9.17, 15) is 4.79 Å². The van der Waals surface area contributed by atoms with E-state index in [4.69, 9.17) is 4.74 Å². The summed E-state index contributed by atoms with van der Waals surface area (Å²) in [4.78, 5) is 20.3. The van der Waals surface area contributed by atoms with E-state index < -0.39 is 0 Å². The summed E-state index contributed by atoms with van der Waals surface area (Å²) in [5.41, 5.74) is 2.57. The molecule has 0 radical (unpaired) electrons. The average Bonchev–Trinajstić information content (AvgIpc) is 2.60. The van der Waals surface area contributed by atoms with Gasteiger partial charge >= 0.3 is 0 Å². The van der Waals surface area contributed by atoms with E-state index >= 15 is 0 Å². The van der Waals surface area contributed by atoms with E-state index in [1.165, 1.54) is 25.0 Å². The second kappa shape index (κ2) is 10.2. The lowest BCUT2D eigenvalue weighted by Gasteiger charge is -2.45. The number of rotatable bonds is 7. The fraction of sp³-hybridized carbons (Fsp3) is 0.857. The molecule has 6 heteroatoms. The summed E-state index contributed by atoms with van der Waals surface area (Å²) >= 11 is 0. The zero-order valence-corrected chi connectivity index (χ0v) is 18.3. The molecular formula is C21H38ClN3O2. The van der Waals surface area contributed by atoms with E-state index in [1.807, 2.05) is 0 Å². The molecule has 0 saturated carbocycles. The highest BCUT2D eigenvalue weighted by molar-refractivity contribution is 5.98. The Bertz CT molecular complexity index is 530. The van der Waals surface area contributed by atoms with Gasteiger partial charge < -0.3 is 9.64 Å². The van der Waals surface area contributed by atoms with E-state index in [-0.39, 0.29) is 17.8 Å². The molecule has 1 fully saturated rings. The molecule has 0 unspecified atom stereocenters. The van der Waals surface area contributed by atoms with Gasteiger partial charge in [-0.05, 0) is 31.2 Å². The van der Waals surface area contributed by atoms with Crippen molar-refractivity contribution in [3.8, 4) is 0 Å². The van der Waals surface area contributed by atoms with Gasteiger partial charge in [0.05, 0.1) is 19.9 Å². The Balaban J connectivity index is 0.00000261. The first-order valence-electron chi connectivity index (χ1n) is 10.5. The zero-order valence-electron chi connectivity index (χ0n) is 17.5. The molecule has 3 aliphatic rings. The molecule has 0 atom stereocenters. The first-order chi connectivity index (χ1) is 12.5. The highest BCUT2D eigenvalue weighted by atomic mass is 35.5. The molecule has 1 saturated heterocycles. The highest BCUT2D eigenvalue weighted by Gasteiger charge is 2.38. The minimum absolute atomic E-state index is 0. The quantitative estimate of drug-likeness (QED) is 0.657. The third-order valence-electron chi connectivity index (χ3n) is 5.94.